The Kier molecular flexibility index (Phi) is 7.13. The van der Waals surface area contributed by atoms with Crippen LogP contribution in [0.1, 0.15) is 11.1 Å². The molecule has 192 valence electrons. The van der Waals surface area contributed by atoms with E-state index in [1.54, 1.807) is 0 Å². The second-order valence-corrected chi connectivity index (χ2v) is 14.2. The SMILES string of the molecule is O=S(=O)(Cc1ccc(O)cc1)c1ccc(S(=O)(=O)c2ccc(S(=O)(=O)Cc3ccc(O)cc3)cc2)cc1. The molecule has 0 aliphatic heterocycles. The van der Waals surface area contributed by atoms with E-state index in [0.717, 1.165) is 0 Å². The van der Waals surface area contributed by atoms with Crippen LogP contribution in [0, 0.1) is 0 Å². The van der Waals surface area contributed by atoms with Crippen LogP contribution in [0.2, 0.25) is 0 Å². The van der Waals surface area contributed by atoms with E-state index < -0.39 is 29.5 Å². The Balaban J connectivity index is 1.53. The second-order valence-electron chi connectivity index (χ2n) is 8.30. The quantitative estimate of drug-likeness (QED) is 0.332. The predicted octanol–water partition coefficient (Wildman–Crippen LogP) is 3.88. The minimum Gasteiger partial charge on any atom is -0.508 e. The van der Waals surface area contributed by atoms with Gasteiger partial charge in [-0.1, -0.05) is 24.3 Å². The lowest BCUT2D eigenvalue weighted by Crippen LogP contribution is -2.08. The second kappa shape index (κ2) is 10.0. The topological polar surface area (TPSA) is 143 Å². The van der Waals surface area contributed by atoms with Gasteiger partial charge in [-0.15, -0.1) is 0 Å². The van der Waals surface area contributed by atoms with Crippen molar-refractivity contribution in [3.63, 3.8) is 0 Å². The molecule has 0 heterocycles. The molecule has 0 saturated carbocycles. The van der Waals surface area contributed by atoms with Gasteiger partial charge < -0.3 is 10.2 Å². The maximum Gasteiger partial charge on any atom is 0.206 e. The van der Waals surface area contributed by atoms with E-state index in [0.29, 0.717) is 11.1 Å². The zero-order valence-corrected chi connectivity index (χ0v) is 21.7. The summed E-state index contributed by atoms with van der Waals surface area (Å²) < 4.78 is 77.0. The minimum absolute atomic E-state index is 0.0127. The zero-order chi connectivity index (χ0) is 26.8. The van der Waals surface area contributed by atoms with Crippen molar-refractivity contribution in [2.45, 2.75) is 31.1 Å². The van der Waals surface area contributed by atoms with Crippen LogP contribution in [-0.4, -0.2) is 35.5 Å². The summed E-state index contributed by atoms with van der Waals surface area (Å²) in [6.07, 6.45) is 0. The monoisotopic (exact) mass is 558 g/mol. The number of hydrogen-bond donors (Lipinski definition) is 2. The van der Waals surface area contributed by atoms with Crippen LogP contribution in [0.4, 0.5) is 0 Å². The average molecular weight is 559 g/mol. The van der Waals surface area contributed by atoms with Crippen molar-refractivity contribution in [2.24, 2.45) is 0 Å². The highest BCUT2D eigenvalue weighted by atomic mass is 32.2. The van der Waals surface area contributed by atoms with Crippen LogP contribution in [0.25, 0.3) is 0 Å². The molecule has 0 saturated heterocycles. The number of aromatic hydroxyl groups is 2. The summed E-state index contributed by atoms with van der Waals surface area (Å²) in [6.45, 7) is 0. The molecule has 0 aliphatic carbocycles. The predicted molar refractivity (Wildman–Crippen MR) is 136 cm³/mol. The molecule has 4 aromatic carbocycles. The first-order chi connectivity index (χ1) is 17.4. The highest BCUT2D eigenvalue weighted by Gasteiger charge is 2.22. The third-order valence-corrected chi connectivity index (χ3v) is 10.8. The Hall–Kier alpha value is -3.67. The fourth-order valence-electron chi connectivity index (χ4n) is 3.58. The Morgan fingerprint density at radius 2 is 0.676 bits per heavy atom. The third-order valence-electron chi connectivity index (χ3n) is 5.57. The molecular formula is C26H22O8S3. The number of rotatable bonds is 8. The maximum absolute atomic E-state index is 13.1. The van der Waals surface area contributed by atoms with Crippen LogP contribution >= 0.6 is 0 Å². The van der Waals surface area contributed by atoms with E-state index in [9.17, 15) is 35.5 Å². The lowest BCUT2D eigenvalue weighted by Gasteiger charge is -2.09. The smallest absolute Gasteiger partial charge is 0.206 e. The number of phenols is 2. The molecule has 4 aromatic rings. The first-order valence-electron chi connectivity index (χ1n) is 10.8. The molecule has 0 amide bonds. The van der Waals surface area contributed by atoms with E-state index >= 15 is 0 Å². The van der Waals surface area contributed by atoms with Crippen molar-refractivity contribution in [3.05, 3.63) is 108 Å². The van der Waals surface area contributed by atoms with Gasteiger partial charge >= 0.3 is 0 Å². The Morgan fingerprint density at radius 1 is 0.405 bits per heavy atom. The van der Waals surface area contributed by atoms with Gasteiger partial charge in [0.2, 0.25) is 9.84 Å². The van der Waals surface area contributed by atoms with Gasteiger partial charge in [0.25, 0.3) is 0 Å². The molecule has 4 rings (SSSR count). The molecule has 11 heteroatoms. The van der Waals surface area contributed by atoms with Crippen molar-refractivity contribution >= 4 is 29.5 Å². The number of hydrogen-bond acceptors (Lipinski definition) is 8. The molecular weight excluding hydrogens is 536 g/mol. The number of sulfone groups is 3. The van der Waals surface area contributed by atoms with Gasteiger partial charge in [0.15, 0.2) is 19.7 Å². The molecule has 0 radical (unpaired) electrons. The zero-order valence-electron chi connectivity index (χ0n) is 19.2. The molecule has 37 heavy (non-hydrogen) atoms. The Morgan fingerprint density at radius 3 is 0.973 bits per heavy atom. The standard InChI is InChI=1S/C26H22O8S3/c27-21-5-1-19(2-6-21)17-35(29,30)23-9-13-25(14-10-23)37(33,34)26-15-11-24(12-16-26)36(31,32)18-20-3-7-22(28)8-4-20/h1-16,27-28H,17-18H2. The van der Waals surface area contributed by atoms with Crippen LogP contribution in [0.3, 0.4) is 0 Å². The summed E-state index contributed by atoms with van der Waals surface area (Å²) in [5.74, 6) is -0.615. The molecule has 0 spiro atoms. The average Bonchev–Trinajstić information content (AvgIpc) is 2.87. The van der Waals surface area contributed by atoms with Crippen molar-refractivity contribution in [1.82, 2.24) is 0 Å². The van der Waals surface area contributed by atoms with Gasteiger partial charge in [-0.25, -0.2) is 25.3 Å². The highest BCUT2D eigenvalue weighted by molar-refractivity contribution is 7.92. The lowest BCUT2D eigenvalue weighted by molar-refractivity contribution is 0.474. The van der Waals surface area contributed by atoms with Gasteiger partial charge in [-0.2, -0.15) is 0 Å². The summed E-state index contributed by atoms with van der Waals surface area (Å²) >= 11 is 0. The van der Waals surface area contributed by atoms with Crippen LogP contribution in [0.5, 0.6) is 11.5 Å². The molecule has 8 nitrogen and oxygen atoms in total. The molecule has 0 bridgehead atoms. The van der Waals surface area contributed by atoms with Crippen molar-refractivity contribution in [3.8, 4) is 11.5 Å². The van der Waals surface area contributed by atoms with Gasteiger partial charge in [0.1, 0.15) is 11.5 Å². The van der Waals surface area contributed by atoms with Gasteiger partial charge in [0.05, 0.1) is 31.1 Å². The molecule has 0 unspecified atom stereocenters. The van der Waals surface area contributed by atoms with Crippen molar-refractivity contribution in [2.75, 3.05) is 0 Å². The Bertz CT molecular complexity index is 1600. The van der Waals surface area contributed by atoms with Crippen molar-refractivity contribution < 1.29 is 35.5 Å². The van der Waals surface area contributed by atoms with E-state index in [-0.39, 0.29) is 42.6 Å². The van der Waals surface area contributed by atoms with Gasteiger partial charge in [0, 0.05) is 0 Å². The van der Waals surface area contributed by atoms with Gasteiger partial charge in [-0.3, -0.25) is 0 Å². The lowest BCUT2D eigenvalue weighted by atomic mass is 10.2. The van der Waals surface area contributed by atoms with Crippen LogP contribution in [0.15, 0.2) is 117 Å². The maximum atomic E-state index is 13.1. The van der Waals surface area contributed by atoms with E-state index in [2.05, 4.69) is 0 Å². The summed E-state index contributed by atoms with van der Waals surface area (Å²) in [6, 6.07) is 21.0. The fraction of sp³-hybridized carbons (Fsp3) is 0.0769. The number of phenolic OH excluding ortho intramolecular Hbond substituents is 2. The highest BCUT2D eigenvalue weighted by Crippen LogP contribution is 2.26. The first-order valence-corrected chi connectivity index (χ1v) is 15.6. The normalized spacial score (nSPS) is 12.3. The fourth-order valence-corrected chi connectivity index (χ4v) is 7.54. The summed E-state index contributed by atoms with van der Waals surface area (Å²) in [4.78, 5) is -0.406. The minimum atomic E-state index is -4.04. The Labute approximate surface area is 215 Å². The number of benzene rings is 4. The van der Waals surface area contributed by atoms with E-state index in [4.69, 9.17) is 0 Å². The van der Waals surface area contributed by atoms with Crippen molar-refractivity contribution in [1.29, 1.82) is 0 Å². The molecule has 0 fully saturated rings. The van der Waals surface area contributed by atoms with Crippen LogP contribution in [-0.2, 0) is 41.0 Å². The van der Waals surface area contributed by atoms with E-state index in [1.807, 2.05) is 0 Å². The van der Waals surface area contributed by atoms with E-state index in [1.165, 1.54) is 97.1 Å². The summed E-state index contributed by atoms with van der Waals surface area (Å²) in [7, 11) is -11.6. The third kappa shape index (κ3) is 6.01. The molecule has 0 aromatic heterocycles. The first kappa shape index (κ1) is 26.4. The molecule has 2 N–H and O–H groups in total. The molecule has 0 atom stereocenters. The van der Waals surface area contributed by atoms with Crippen LogP contribution < -0.4 is 0 Å². The summed E-state index contributed by atoms with van der Waals surface area (Å²) in [5.41, 5.74) is 0.935. The summed E-state index contributed by atoms with van der Waals surface area (Å²) in [5, 5.41) is 18.7. The molecule has 0 aliphatic rings. The van der Waals surface area contributed by atoms with Gasteiger partial charge in [-0.05, 0) is 83.9 Å². The largest absolute Gasteiger partial charge is 0.508 e.